The van der Waals surface area contributed by atoms with Crippen LogP contribution in [0.2, 0.25) is 0 Å². The zero-order valence-electron chi connectivity index (χ0n) is 26.6. The van der Waals surface area contributed by atoms with Crippen LogP contribution in [0.3, 0.4) is 0 Å². The van der Waals surface area contributed by atoms with Gasteiger partial charge in [0.05, 0.1) is 18.5 Å². The number of ether oxygens (including phenoxy) is 2. The Balaban J connectivity index is 1.19. The number of hydrogen-bond donors (Lipinski definition) is 1. The van der Waals surface area contributed by atoms with Crippen molar-refractivity contribution in [2.45, 2.75) is 46.4 Å². The van der Waals surface area contributed by atoms with Gasteiger partial charge in [-0.2, -0.15) is 4.99 Å². The summed E-state index contributed by atoms with van der Waals surface area (Å²) < 4.78 is 50.1. The number of hydrogen-bond acceptors (Lipinski definition) is 6. The summed E-state index contributed by atoms with van der Waals surface area (Å²) in [4.78, 5) is 22.2. The average Bonchev–Trinajstić information content (AvgIpc) is 3.67. The van der Waals surface area contributed by atoms with Crippen LogP contribution >= 0.6 is 11.3 Å². The molecule has 9 nitrogen and oxygen atoms in total. The molecule has 5 aromatic rings. The van der Waals surface area contributed by atoms with Gasteiger partial charge in [0, 0.05) is 23.2 Å². The van der Waals surface area contributed by atoms with Crippen LogP contribution in [-0.2, 0) is 6.42 Å². The summed E-state index contributed by atoms with van der Waals surface area (Å²) in [5, 5.41) is 9.39. The first-order valence-corrected chi connectivity index (χ1v) is 15.8. The number of rotatable bonds is 10. The SMILES string of the molecule is COc1ccc(-n2c(C)csc2=NC(=O)NCC(C)Cc2ccc(-c3ncn(-c4ccc(OC(F)(F)F)cc4)n3)cc2)c(C(C)C)c1. The number of aromatic nitrogens is 4. The maximum Gasteiger partial charge on any atom is 0.573 e. The van der Waals surface area contributed by atoms with Crippen molar-refractivity contribution < 1.29 is 27.4 Å². The second kappa shape index (κ2) is 14.2. The van der Waals surface area contributed by atoms with E-state index in [-0.39, 0.29) is 17.6 Å². The van der Waals surface area contributed by atoms with Crippen LogP contribution in [0.5, 0.6) is 11.5 Å². The fourth-order valence-corrected chi connectivity index (χ4v) is 5.93. The highest BCUT2D eigenvalue weighted by molar-refractivity contribution is 7.07. The summed E-state index contributed by atoms with van der Waals surface area (Å²) in [5.74, 6) is 1.34. The van der Waals surface area contributed by atoms with E-state index in [2.05, 4.69) is 45.9 Å². The Kier molecular flexibility index (Phi) is 10.1. The molecule has 13 heteroatoms. The molecule has 47 heavy (non-hydrogen) atoms. The maximum absolute atomic E-state index is 12.9. The Morgan fingerprint density at radius 3 is 2.38 bits per heavy atom. The van der Waals surface area contributed by atoms with Crippen molar-refractivity contribution >= 4 is 17.4 Å². The number of amides is 2. The van der Waals surface area contributed by atoms with Gasteiger partial charge in [-0.25, -0.2) is 14.5 Å². The number of benzene rings is 3. The zero-order chi connectivity index (χ0) is 33.7. The van der Waals surface area contributed by atoms with Crippen molar-refractivity contribution in [1.82, 2.24) is 24.6 Å². The van der Waals surface area contributed by atoms with Crippen LogP contribution < -0.4 is 19.6 Å². The van der Waals surface area contributed by atoms with E-state index >= 15 is 0 Å². The molecule has 2 heterocycles. The van der Waals surface area contributed by atoms with E-state index in [1.807, 2.05) is 59.3 Å². The first-order valence-electron chi connectivity index (χ1n) is 15.0. The van der Waals surface area contributed by atoms with Crippen LogP contribution in [-0.4, -0.2) is 45.4 Å². The highest BCUT2D eigenvalue weighted by Crippen LogP contribution is 2.28. The van der Waals surface area contributed by atoms with E-state index < -0.39 is 12.4 Å². The maximum atomic E-state index is 12.9. The number of halogens is 3. The molecule has 3 aromatic carbocycles. The van der Waals surface area contributed by atoms with Gasteiger partial charge in [0.2, 0.25) is 0 Å². The number of alkyl halides is 3. The third-order valence-electron chi connectivity index (χ3n) is 7.40. The first kappa shape index (κ1) is 33.5. The van der Waals surface area contributed by atoms with Crippen molar-refractivity contribution in [2.24, 2.45) is 10.9 Å². The molecule has 1 unspecified atom stereocenters. The van der Waals surface area contributed by atoms with Crippen LogP contribution in [0, 0.1) is 12.8 Å². The zero-order valence-corrected chi connectivity index (χ0v) is 27.4. The van der Waals surface area contributed by atoms with Gasteiger partial charge in [-0.05, 0) is 78.8 Å². The number of methoxy groups -OCH3 is 1. The van der Waals surface area contributed by atoms with Crippen LogP contribution in [0.25, 0.3) is 22.8 Å². The van der Waals surface area contributed by atoms with Crippen molar-refractivity contribution in [1.29, 1.82) is 0 Å². The van der Waals surface area contributed by atoms with Gasteiger partial charge < -0.3 is 14.8 Å². The second-order valence-corrected chi connectivity index (χ2v) is 12.3. The third kappa shape index (κ3) is 8.47. The monoisotopic (exact) mass is 664 g/mol. The number of carbonyl (C=O) groups excluding carboxylic acids is 1. The fourth-order valence-electron chi connectivity index (χ4n) is 5.06. The van der Waals surface area contributed by atoms with E-state index in [1.165, 1.54) is 46.6 Å². The van der Waals surface area contributed by atoms with Gasteiger partial charge >= 0.3 is 12.4 Å². The number of nitrogens with one attached hydrogen (secondary N) is 1. The predicted molar refractivity (Wildman–Crippen MR) is 174 cm³/mol. The summed E-state index contributed by atoms with van der Waals surface area (Å²) in [6, 6.07) is 18.7. The molecule has 2 aromatic heterocycles. The molecule has 1 atom stereocenters. The minimum absolute atomic E-state index is 0.146. The highest BCUT2D eigenvalue weighted by Gasteiger charge is 2.31. The molecule has 0 saturated carbocycles. The van der Waals surface area contributed by atoms with E-state index in [9.17, 15) is 18.0 Å². The number of aryl methyl sites for hydroxylation is 1. The van der Waals surface area contributed by atoms with Crippen molar-refractivity contribution in [3.8, 4) is 34.3 Å². The number of thiazole rings is 1. The third-order valence-corrected chi connectivity index (χ3v) is 8.34. The Labute approximate surface area is 274 Å². The van der Waals surface area contributed by atoms with Gasteiger partial charge in [-0.1, -0.05) is 45.0 Å². The molecule has 0 aliphatic heterocycles. The van der Waals surface area contributed by atoms with Crippen molar-refractivity contribution in [3.63, 3.8) is 0 Å². The molecular formula is C34H35F3N6O3S. The molecule has 0 radical (unpaired) electrons. The number of urea groups is 1. The largest absolute Gasteiger partial charge is 0.573 e. The minimum atomic E-state index is -4.75. The quantitative estimate of drug-likeness (QED) is 0.166. The van der Waals surface area contributed by atoms with E-state index in [0.29, 0.717) is 22.9 Å². The van der Waals surface area contributed by atoms with Crippen molar-refractivity contribution in [3.05, 3.63) is 100 Å². The summed E-state index contributed by atoms with van der Waals surface area (Å²) in [5.41, 5.74) is 5.48. The lowest BCUT2D eigenvalue weighted by molar-refractivity contribution is -0.274. The van der Waals surface area contributed by atoms with Gasteiger partial charge in [-0.15, -0.1) is 29.6 Å². The summed E-state index contributed by atoms with van der Waals surface area (Å²) in [6.07, 6.45) is -2.52. The Hall–Kier alpha value is -4.91. The average molecular weight is 665 g/mol. The van der Waals surface area contributed by atoms with Crippen LogP contribution in [0.4, 0.5) is 18.0 Å². The molecule has 0 saturated heterocycles. The number of nitrogens with zero attached hydrogens (tertiary/aromatic N) is 5. The second-order valence-electron chi connectivity index (χ2n) is 11.4. The molecule has 5 rings (SSSR count). The predicted octanol–water partition coefficient (Wildman–Crippen LogP) is 7.61. The molecule has 0 aliphatic rings. The van der Waals surface area contributed by atoms with E-state index in [0.717, 1.165) is 40.2 Å². The topological polar surface area (TPSA) is 95.6 Å². The Morgan fingerprint density at radius 1 is 1.02 bits per heavy atom. The molecule has 0 aliphatic carbocycles. The standard InChI is InChI=1S/C34H35F3N6O3S/c1-21(2)29-17-28(45-5)14-15-30(29)43-23(4)19-47-33(43)40-32(44)38-18-22(3)16-24-6-8-25(9-7-24)31-39-20-42(41-31)26-10-12-27(13-11-26)46-34(35,36)37/h6-15,17,19-22H,16,18H2,1-5H3,(H,38,44). The normalized spacial score (nSPS) is 12.7. The summed E-state index contributed by atoms with van der Waals surface area (Å²) >= 11 is 1.42. The molecule has 2 amide bonds. The smallest absolute Gasteiger partial charge is 0.497 e. The summed E-state index contributed by atoms with van der Waals surface area (Å²) in [7, 11) is 1.65. The van der Waals surface area contributed by atoms with Crippen LogP contribution in [0.15, 0.2) is 83.4 Å². The fraction of sp³-hybridized carbons (Fsp3) is 0.294. The summed E-state index contributed by atoms with van der Waals surface area (Å²) in [6.45, 7) is 8.75. The lowest BCUT2D eigenvalue weighted by Crippen LogP contribution is -2.29. The minimum Gasteiger partial charge on any atom is -0.497 e. The Bertz CT molecular complexity index is 1890. The molecular weight excluding hydrogens is 629 g/mol. The number of carbonyl (C=O) groups is 1. The van der Waals surface area contributed by atoms with Gasteiger partial charge in [-0.3, -0.25) is 4.57 Å². The van der Waals surface area contributed by atoms with Gasteiger partial charge in [0.25, 0.3) is 0 Å². The lowest BCUT2D eigenvalue weighted by atomic mass is 10.00. The molecule has 1 N–H and O–H groups in total. The van der Waals surface area contributed by atoms with Gasteiger partial charge in [0.1, 0.15) is 17.8 Å². The Morgan fingerprint density at radius 2 is 1.72 bits per heavy atom. The van der Waals surface area contributed by atoms with E-state index in [4.69, 9.17) is 4.74 Å². The van der Waals surface area contributed by atoms with Crippen molar-refractivity contribution in [2.75, 3.05) is 13.7 Å². The van der Waals surface area contributed by atoms with Gasteiger partial charge in [0.15, 0.2) is 10.6 Å². The molecule has 0 fully saturated rings. The highest BCUT2D eigenvalue weighted by atomic mass is 32.1. The molecule has 0 bridgehead atoms. The lowest BCUT2D eigenvalue weighted by Gasteiger charge is -2.16. The van der Waals surface area contributed by atoms with E-state index in [1.54, 1.807) is 7.11 Å². The first-order chi connectivity index (χ1) is 22.4. The molecule has 0 spiro atoms. The molecule has 246 valence electrons. The van der Waals surface area contributed by atoms with Crippen LogP contribution in [0.1, 0.15) is 43.5 Å².